The van der Waals surface area contributed by atoms with Crippen LogP contribution in [0.1, 0.15) is 239 Å². The standard InChI is InChI=1S/C69H110O5/c1-4-7-10-13-16-19-22-25-28-31-34-37-40-43-46-49-52-55-58-61-64-72-65-67(74-69(71)63-60-57-54-51-48-45-42-39-36-33-30-27-24-21-18-15-12-9-6-3)66-73-68(70)62-59-56-53-50-47-44-41-38-35-32-29-26-23-20-17-14-11-8-5-2/h7-8,10-11,16-21,25-30,34-39,43,46,52,55,67H,4-6,9,12-15,22-24,31-33,40-42,44-45,47-51,53-54,56-66H2,1-3H3/b10-7-,11-8-,19-16-,20-17-,21-18-,28-25-,29-26-,30-27-,37-34-,38-35-,39-36-,46-43-,55-52-. The van der Waals surface area contributed by atoms with Gasteiger partial charge in [-0.05, 0) is 141 Å². The Labute approximate surface area is 456 Å². The Balaban J connectivity index is 4.48. The second-order valence-corrected chi connectivity index (χ2v) is 19.1. The zero-order chi connectivity index (χ0) is 53.4. The van der Waals surface area contributed by atoms with Crippen LogP contribution in [0.5, 0.6) is 0 Å². The van der Waals surface area contributed by atoms with E-state index in [1.165, 1.54) is 64.2 Å². The third kappa shape index (κ3) is 60.1. The smallest absolute Gasteiger partial charge is 0.306 e. The molecule has 0 aliphatic carbocycles. The topological polar surface area (TPSA) is 61.8 Å². The van der Waals surface area contributed by atoms with Crippen molar-refractivity contribution in [2.45, 2.75) is 245 Å². The van der Waals surface area contributed by atoms with Crippen molar-refractivity contribution >= 4 is 11.9 Å². The van der Waals surface area contributed by atoms with E-state index in [0.717, 1.165) is 141 Å². The van der Waals surface area contributed by atoms with Crippen molar-refractivity contribution in [3.05, 3.63) is 158 Å². The fraction of sp³-hybridized carbons (Fsp3) is 0.594. The second kappa shape index (κ2) is 62.8. The normalized spacial score (nSPS) is 13.4. The largest absolute Gasteiger partial charge is 0.462 e. The minimum absolute atomic E-state index is 0.0380. The van der Waals surface area contributed by atoms with Crippen LogP contribution in [0.4, 0.5) is 0 Å². The van der Waals surface area contributed by atoms with Gasteiger partial charge in [-0.2, -0.15) is 0 Å². The summed E-state index contributed by atoms with van der Waals surface area (Å²) < 4.78 is 17.4. The van der Waals surface area contributed by atoms with Gasteiger partial charge < -0.3 is 14.2 Å². The summed E-state index contributed by atoms with van der Waals surface area (Å²) in [6, 6.07) is 0. The van der Waals surface area contributed by atoms with Crippen LogP contribution in [0.2, 0.25) is 0 Å². The molecule has 0 radical (unpaired) electrons. The molecule has 0 rings (SSSR count). The van der Waals surface area contributed by atoms with Crippen molar-refractivity contribution < 1.29 is 23.8 Å². The van der Waals surface area contributed by atoms with Crippen molar-refractivity contribution in [1.82, 2.24) is 0 Å². The van der Waals surface area contributed by atoms with E-state index in [9.17, 15) is 9.59 Å². The Morgan fingerprint density at radius 1 is 0.311 bits per heavy atom. The number of carbonyl (C=O) groups excluding carboxylic acids is 2. The first-order chi connectivity index (χ1) is 36.6. The minimum Gasteiger partial charge on any atom is -0.462 e. The van der Waals surface area contributed by atoms with Crippen LogP contribution in [0.15, 0.2) is 158 Å². The predicted molar refractivity (Wildman–Crippen MR) is 324 cm³/mol. The quantitative estimate of drug-likeness (QED) is 0.0345. The molecule has 5 heteroatoms. The second-order valence-electron chi connectivity index (χ2n) is 19.1. The number of hydrogen-bond donors (Lipinski definition) is 0. The molecule has 0 aliphatic heterocycles. The monoisotopic (exact) mass is 1020 g/mol. The molecule has 0 saturated carbocycles. The lowest BCUT2D eigenvalue weighted by molar-refractivity contribution is -0.163. The lowest BCUT2D eigenvalue weighted by Gasteiger charge is -2.18. The summed E-state index contributed by atoms with van der Waals surface area (Å²) in [5.74, 6) is -0.469. The van der Waals surface area contributed by atoms with Gasteiger partial charge >= 0.3 is 11.9 Å². The summed E-state index contributed by atoms with van der Waals surface area (Å²) in [6.45, 7) is 7.39. The Kier molecular flexibility index (Phi) is 59.0. The molecule has 0 spiro atoms. The van der Waals surface area contributed by atoms with Gasteiger partial charge in [0.05, 0.1) is 6.61 Å². The Hall–Kier alpha value is -4.48. The molecule has 0 aromatic heterocycles. The molecule has 0 N–H and O–H groups in total. The van der Waals surface area contributed by atoms with E-state index in [0.29, 0.717) is 19.4 Å². The van der Waals surface area contributed by atoms with Crippen molar-refractivity contribution in [3.63, 3.8) is 0 Å². The third-order valence-electron chi connectivity index (χ3n) is 12.0. The van der Waals surface area contributed by atoms with Crippen LogP contribution >= 0.6 is 0 Å². The molecular weight excluding hydrogens is 909 g/mol. The number of ether oxygens (including phenoxy) is 3. The molecule has 0 aromatic carbocycles. The van der Waals surface area contributed by atoms with Crippen molar-refractivity contribution in [2.24, 2.45) is 0 Å². The van der Waals surface area contributed by atoms with E-state index in [-0.39, 0.29) is 25.2 Å². The van der Waals surface area contributed by atoms with E-state index in [4.69, 9.17) is 14.2 Å². The van der Waals surface area contributed by atoms with Crippen LogP contribution < -0.4 is 0 Å². The molecule has 0 aliphatic rings. The number of esters is 2. The van der Waals surface area contributed by atoms with Gasteiger partial charge in [-0.15, -0.1) is 0 Å². The Bertz CT molecular complexity index is 1620. The average Bonchev–Trinajstić information content (AvgIpc) is 3.40. The van der Waals surface area contributed by atoms with Gasteiger partial charge in [0.15, 0.2) is 6.10 Å². The van der Waals surface area contributed by atoms with Gasteiger partial charge in [-0.25, -0.2) is 0 Å². The first kappa shape index (κ1) is 69.5. The lowest BCUT2D eigenvalue weighted by Crippen LogP contribution is -2.30. The van der Waals surface area contributed by atoms with Gasteiger partial charge in [0.1, 0.15) is 6.61 Å². The molecule has 0 bridgehead atoms. The molecule has 1 atom stereocenters. The van der Waals surface area contributed by atoms with Gasteiger partial charge in [0, 0.05) is 19.4 Å². The number of carbonyl (C=O) groups is 2. The lowest BCUT2D eigenvalue weighted by atomic mass is 10.1. The maximum atomic E-state index is 12.9. The maximum Gasteiger partial charge on any atom is 0.306 e. The van der Waals surface area contributed by atoms with Gasteiger partial charge in [-0.3, -0.25) is 9.59 Å². The molecule has 0 amide bonds. The SMILES string of the molecule is CC/C=C\C/C=C\C/C=C\C/C=C\C/C=C\C/C=C\CCCOCC(COC(=O)CCCCCCCC/C=C\C/C=C\C/C=C\C/C=C\CC)OC(=O)CCCCCCCC/C=C\C/C=C\C/C=C\CCCCC. The van der Waals surface area contributed by atoms with Gasteiger partial charge in [0.25, 0.3) is 0 Å². The highest BCUT2D eigenvalue weighted by Crippen LogP contribution is 2.13. The number of allylic oxidation sites excluding steroid dienone is 26. The van der Waals surface area contributed by atoms with E-state index in [2.05, 4.69) is 179 Å². The maximum absolute atomic E-state index is 12.9. The van der Waals surface area contributed by atoms with E-state index in [1.54, 1.807) is 0 Å². The van der Waals surface area contributed by atoms with Crippen molar-refractivity contribution in [3.8, 4) is 0 Å². The van der Waals surface area contributed by atoms with Crippen LogP contribution in [0, 0.1) is 0 Å². The van der Waals surface area contributed by atoms with Crippen LogP contribution in [0.3, 0.4) is 0 Å². The first-order valence-electron chi connectivity index (χ1n) is 30.0. The van der Waals surface area contributed by atoms with Crippen LogP contribution in [-0.2, 0) is 23.8 Å². The number of hydrogen-bond acceptors (Lipinski definition) is 5. The summed E-state index contributed by atoms with van der Waals surface area (Å²) in [5.41, 5.74) is 0. The van der Waals surface area contributed by atoms with Crippen LogP contribution in [-0.4, -0.2) is 37.9 Å². The van der Waals surface area contributed by atoms with E-state index >= 15 is 0 Å². The molecule has 416 valence electrons. The zero-order valence-corrected chi connectivity index (χ0v) is 47.8. The summed E-state index contributed by atoms with van der Waals surface area (Å²) in [4.78, 5) is 25.6. The van der Waals surface area contributed by atoms with Gasteiger partial charge in [0.2, 0.25) is 0 Å². The molecule has 1 unspecified atom stereocenters. The van der Waals surface area contributed by atoms with E-state index in [1.807, 2.05) is 0 Å². The minimum atomic E-state index is -0.594. The number of rotatable bonds is 53. The molecule has 0 aromatic rings. The Morgan fingerprint density at radius 2 is 0.608 bits per heavy atom. The summed E-state index contributed by atoms with van der Waals surface area (Å²) >= 11 is 0. The average molecular weight is 1020 g/mol. The van der Waals surface area contributed by atoms with Crippen molar-refractivity contribution in [2.75, 3.05) is 19.8 Å². The molecule has 0 fully saturated rings. The molecule has 5 nitrogen and oxygen atoms in total. The summed E-state index contributed by atoms with van der Waals surface area (Å²) in [5, 5.41) is 0. The molecular formula is C69H110O5. The summed E-state index contributed by atoms with van der Waals surface area (Å²) in [7, 11) is 0. The molecule has 0 heterocycles. The number of unbranched alkanes of at least 4 members (excludes halogenated alkanes) is 16. The van der Waals surface area contributed by atoms with Crippen LogP contribution in [0.25, 0.3) is 0 Å². The third-order valence-corrected chi connectivity index (χ3v) is 12.0. The van der Waals surface area contributed by atoms with Crippen molar-refractivity contribution in [1.29, 1.82) is 0 Å². The summed E-state index contributed by atoms with van der Waals surface area (Å²) in [6.07, 6.45) is 92.7. The molecule has 74 heavy (non-hydrogen) atoms. The Morgan fingerprint density at radius 3 is 0.973 bits per heavy atom. The highest BCUT2D eigenvalue weighted by atomic mass is 16.6. The fourth-order valence-corrected chi connectivity index (χ4v) is 7.64. The first-order valence-corrected chi connectivity index (χ1v) is 30.0. The molecule has 0 saturated heterocycles. The van der Waals surface area contributed by atoms with E-state index < -0.39 is 6.10 Å². The highest BCUT2D eigenvalue weighted by Gasteiger charge is 2.17. The zero-order valence-electron chi connectivity index (χ0n) is 47.8. The van der Waals surface area contributed by atoms with Gasteiger partial charge in [-0.1, -0.05) is 243 Å². The highest BCUT2D eigenvalue weighted by molar-refractivity contribution is 5.70. The fourth-order valence-electron chi connectivity index (χ4n) is 7.64. The predicted octanol–water partition coefficient (Wildman–Crippen LogP) is 21.0.